The average molecular weight is 379 g/mol. The van der Waals surface area contributed by atoms with Gasteiger partial charge in [-0.1, -0.05) is 20.8 Å². The van der Waals surface area contributed by atoms with E-state index in [1.165, 1.54) is 0 Å². The Labute approximate surface area is 161 Å². The first-order valence-corrected chi connectivity index (χ1v) is 9.77. The highest BCUT2D eigenvalue weighted by Gasteiger charge is 2.34. The molecular weight excluding hydrogens is 344 g/mol. The number of aromatic nitrogens is 2. The summed E-state index contributed by atoms with van der Waals surface area (Å²) in [6.07, 6.45) is 4.07. The number of amides is 2. The second-order valence-corrected chi connectivity index (χ2v) is 9.13. The van der Waals surface area contributed by atoms with Gasteiger partial charge >= 0.3 is 0 Å². The largest absolute Gasteiger partial charge is 0.390 e. The maximum atomic E-state index is 13.0. The summed E-state index contributed by atoms with van der Waals surface area (Å²) in [5.74, 6) is 0.314. The number of nitrogens with zero attached hydrogens (tertiary/aromatic N) is 2. The van der Waals surface area contributed by atoms with Gasteiger partial charge < -0.3 is 20.3 Å². The molecule has 2 amide bonds. The van der Waals surface area contributed by atoms with E-state index in [0.29, 0.717) is 18.5 Å². The quantitative estimate of drug-likeness (QED) is 0.703. The van der Waals surface area contributed by atoms with Gasteiger partial charge in [-0.15, -0.1) is 0 Å². The molecule has 0 saturated heterocycles. The van der Waals surface area contributed by atoms with E-state index in [4.69, 9.17) is 0 Å². The zero-order chi connectivity index (χ0) is 20.4. The summed E-state index contributed by atoms with van der Waals surface area (Å²) in [6, 6.07) is -0.643. The number of aryl methyl sites for hydroxylation is 1. The molecule has 3 N–H and O–H groups in total. The Balaban J connectivity index is 2.30. The molecule has 0 aromatic carbocycles. The van der Waals surface area contributed by atoms with Gasteiger partial charge in [0.25, 0.3) is 5.91 Å². The van der Waals surface area contributed by atoms with Crippen LogP contribution >= 0.6 is 0 Å². The van der Waals surface area contributed by atoms with Crippen molar-refractivity contribution in [2.45, 2.75) is 84.9 Å². The molecule has 0 bridgehead atoms. The number of carbonyl (C=O) groups excluding carboxylic acids is 2. The van der Waals surface area contributed by atoms with E-state index in [9.17, 15) is 14.7 Å². The summed E-state index contributed by atoms with van der Waals surface area (Å²) < 4.78 is 2.12. The highest BCUT2D eigenvalue weighted by molar-refractivity contribution is 5.97. The summed E-state index contributed by atoms with van der Waals surface area (Å²) in [4.78, 5) is 29.9. The van der Waals surface area contributed by atoms with E-state index in [0.717, 1.165) is 37.3 Å². The van der Waals surface area contributed by atoms with E-state index >= 15 is 0 Å². The maximum Gasteiger partial charge on any atom is 0.272 e. The van der Waals surface area contributed by atoms with Gasteiger partial charge in [0.05, 0.1) is 11.3 Å². The zero-order valence-electron chi connectivity index (χ0n) is 17.5. The van der Waals surface area contributed by atoms with E-state index < -0.39 is 17.1 Å². The van der Waals surface area contributed by atoms with Crippen molar-refractivity contribution in [3.05, 3.63) is 17.2 Å². The number of hydrogen-bond donors (Lipinski definition) is 3. The smallest absolute Gasteiger partial charge is 0.272 e. The fraction of sp³-hybridized carbons (Fsp3) is 0.750. The number of carbonyl (C=O) groups is 2. The number of fused-ring (bicyclic) bond motifs is 1. The monoisotopic (exact) mass is 378 g/mol. The number of imidazole rings is 1. The van der Waals surface area contributed by atoms with Gasteiger partial charge in [-0.3, -0.25) is 9.59 Å². The predicted molar refractivity (Wildman–Crippen MR) is 105 cm³/mol. The third-order valence-electron chi connectivity index (χ3n) is 5.02. The minimum Gasteiger partial charge on any atom is -0.390 e. The van der Waals surface area contributed by atoms with Crippen LogP contribution in [-0.2, 0) is 24.2 Å². The molecule has 1 atom stereocenters. The summed E-state index contributed by atoms with van der Waals surface area (Å²) in [5, 5.41) is 15.5. The van der Waals surface area contributed by atoms with Crippen molar-refractivity contribution >= 4 is 11.8 Å². The zero-order valence-corrected chi connectivity index (χ0v) is 17.5. The summed E-state index contributed by atoms with van der Waals surface area (Å²) in [6.45, 7) is 10.2. The van der Waals surface area contributed by atoms with Crippen molar-refractivity contribution in [3.63, 3.8) is 0 Å². The molecule has 0 spiro atoms. The molecule has 1 aliphatic heterocycles. The van der Waals surface area contributed by atoms with Crippen molar-refractivity contribution < 1.29 is 14.7 Å². The molecular formula is C20H34N4O3. The number of nitrogens with one attached hydrogen (secondary N) is 2. The first kappa shape index (κ1) is 21.4. The van der Waals surface area contributed by atoms with Crippen LogP contribution in [0.5, 0.6) is 0 Å². The normalized spacial score (nSPS) is 15.8. The lowest BCUT2D eigenvalue weighted by molar-refractivity contribution is -0.124. The Bertz CT molecular complexity index is 695. The molecule has 2 rings (SSSR count). The fourth-order valence-electron chi connectivity index (χ4n) is 3.43. The van der Waals surface area contributed by atoms with Gasteiger partial charge in [-0.05, 0) is 44.9 Å². The Kier molecular flexibility index (Phi) is 6.35. The van der Waals surface area contributed by atoms with Crippen LogP contribution in [0.4, 0.5) is 0 Å². The lowest BCUT2D eigenvalue weighted by atomic mass is 9.86. The molecule has 152 valence electrons. The molecule has 0 fully saturated rings. The van der Waals surface area contributed by atoms with Crippen LogP contribution < -0.4 is 10.6 Å². The summed E-state index contributed by atoms with van der Waals surface area (Å²) in [7, 11) is 1.57. The number of rotatable bonds is 6. The van der Waals surface area contributed by atoms with Crippen molar-refractivity contribution in [2.24, 2.45) is 5.41 Å². The van der Waals surface area contributed by atoms with Crippen molar-refractivity contribution in [2.75, 3.05) is 7.05 Å². The molecule has 2 heterocycles. The Hall–Kier alpha value is -1.89. The van der Waals surface area contributed by atoms with Crippen LogP contribution in [0.1, 0.15) is 75.9 Å². The lowest BCUT2D eigenvalue weighted by Crippen LogP contribution is -2.53. The molecule has 0 aliphatic carbocycles. The molecule has 1 aromatic rings. The van der Waals surface area contributed by atoms with E-state index in [-0.39, 0.29) is 11.8 Å². The van der Waals surface area contributed by atoms with Gasteiger partial charge in [0, 0.05) is 20.0 Å². The molecule has 0 unspecified atom stereocenters. The second kappa shape index (κ2) is 8.00. The SMILES string of the molecule is CNC(=O)[C@@H](NC(=O)c1nc(CCC(C)(C)O)n2c1CCCC2)C(C)(C)C. The minimum atomic E-state index is -0.778. The number of hydrogen-bond acceptors (Lipinski definition) is 4. The Morgan fingerprint density at radius 1 is 1.22 bits per heavy atom. The summed E-state index contributed by atoms with van der Waals surface area (Å²) in [5.41, 5.74) is 0.159. The third-order valence-corrected chi connectivity index (χ3v) is 5.02. The highest BCUT2D eigenvalue weighted by atomic mass is 16.3. The van der Waals surface area contributed by atoms with Crippen LogP contribution in [0, 0.1) is 5.41 Å². The van der Waals surface area contributed by atoms with Gasteiger partial charge in [0.2, 0.25) is 5.91 Å². The third kappa shape index (κ3) is 5.31. The number of aliphatic hydroxyl groups is 1. The fourth-order valence-corrected chi connectivity index (χ4v) is 3.43. The first-order chi connectivity index (χ1) is 12.4. The van der Waals surface area contributed by atoms with Crippen LogP contribution in [0.15, 0.2) is 0 Å². The van der Waals surface area contributed by atoms with Crippen LogP contribution in [-0.4, -0.2) is 45.2 Å². The molecule has 1 aliphatic rings. The van der Waals surface area contributed by atoms with Gasteiger partial charge in [0.15, 0.2) is 0 Å². The molecule has 7 heteroatoms. The molecule has 27 heavy (non-hydrogen) atoms. The predicted octanol–water partition coefficient (Wildman–Crippen LogP) is 1.81. The van der Waals surface area contributed by atoms with Gasteiger partial charge in [0.1, 0.15) is 17.6 Å². The van der Waals surface area contributed by atoms with Crippen molar-refractivity contribution in [3.8, 4) is 0 Å². The minimum absolute atomic E-state index is 0.216. The first-order valence-electron chi connectivity index (χ1n) is 9.77. The van der Waals surface area contributed by atoms with E-state index in [1.807, 2.05) is 20.8 Å². The van der Waals surface area contributed by atoms with E-state index in [1.54, 1.807) is 20.9 Å². The molecule has 0 radical (unpaired) electrons. The van der Waals surface area contributed by atoms with Crippen LogP contribution in [0.3, 0.4) is 0 Å². The second-order valence-electron chi connectivity index (χ2n) is 9.13. The van der Waals surface area contributed by atoms with Crippen LogP contribution in [0.2, 0.25) is 0 Å². The van der Waals surface area contributed by atoms with Crippen LogP contribution in [0.25, 0.3) is 0 Å². The average Bonchev–Trinajstić information content (AvgIpc) is 2.94. The Morgan fingerprint density at radius 2 is 1.89 bits per heavy atom. The Morgan fingerprint density at radius 3 is 2.44 bits per heavy atom. The van der Waals surface area contributed by atoms with Crippen molar-refractivity contribution in [1.82, 2.24) is 20.2 Å². The van der Waals surface area contributed by atoms with Gasteiger partial charge in [-0.25, -0.2) is 4.98 Å². The topological polar surface area (TPSA) is 96.2 Å². The van der Waals surface area contributed by atoms with Gasteiger partial charge in [-0.2, -0.15) is 0 Å². The number of likely N-dealkylation sites (N-methyl/N-ethyl adjacent to an activating group) is 1. The standard InChI is InChI=1S/C20H34N4O3/c1-19(2,3)16(18(26)21-6)23-17(25)15-13-9-7-8-12-24(13)14(22-15)10-11-20(4,5)27/h16,27H,7-12H2,1-6H3,(H,21,26)(H,23,25)/t16-/m1/s1. The molecule has 1 aromatic heterocycles. The summed E-state index contributed by atoms with van der Waals surface area (Å²) >= 11 is 0. The molecule has 7 nitrogen and oxygen atoms in total. The van der Waals surface area contributed by atoms with E-state index in [2.05, 4.69) is 20.2 Å². The molecule has 0 saturated carbocycles. The maximum absolute atomic E-state index is 13.0. The van der Waals surface area contributed by atoms with Crippen molar-refractivity contribution in [1.29, 1.82) is 0 Å². The highest BCUT2D eigenvalue weighted by Crippen LogP contribution is 2.25. The lowest BCUT2D eigenvalue weighted by Gasteiger charge is -2.29.